The zero-order valence-electron chi connectivity index (χ0n) is 15.8. The fraction of sp³-hybridized carbons (Fsp3) is 0.0833. The molecule has 0 bridgehead atoms. The van der Waals surface area contributed by atoms with Gasteiger partial charge in [0.15, 0.2) is 0 Å². The third-order valence-corrected chi connectivity index (χ3v) is 5.86. The summed E-state index contributed by atoms with van der Waals surface area (Å²) in [6, 6.07) is 25.2. The van der Waals surface area contributed by atoms with Gasteiger partial charge in [0.1, 0.15) is 17.0 Å². The summed E-state index contributed by atoms with van der Waals surface area (Å²) in [6.45, 7) is 1.56. The highest BCUT2D eigenvalue weighted by atomic mass is 32.1. The molecule has 0 spiro atoms. The second kappa shape index (κ2) is 7.89. The van der Waals surface area contributed by atoms with E-state index < -0.39 is 0 Å². The van der Waals surface area contributed by atoms with Crippen molar-refractivity contribution >= 4 is 43.8 Å². The predicted octanol–water partition coefficient (Wildman–Crippen LogP) is 6.04. The summed E-state index contributed by atoms with van der Waals surface area (Å²) in [5, 5.41) is 12.8. The number of nitrogens with one attached hydrogen (secondary N) is 2. The Kier molecular flexibility index (Phi) is 4.80. The maximum atomic E-state index is 4.52. The van der Waals surface area contributed by atoms with Crippen LogP contribution >= 0.6 is 11.3 Å². The molecule has 0 amide bonds. The lowest BCUT2D eigenvalue weighted by Gasteiger charge is -2.12. The van der Waals surface area contributed by atoms with Crippen LogP contribution in [0, 0.1) is 0 Å². The molecule has 2 heterocycles. The van der Waals surface area contributed by atoms with Gasteiger partial charge >= 0.3 is 0 Å². The van der Waals surface area contributed by atoms with E-state index in [9.17, 15) is 0 Å². The van der Waals surface area contributed by atoms with Crippen LogP contribution in [0.15, 0.2) is 84.5 Å². The Hall–Kier alpha value is -3.44. The molecule has 0 aliphatic heterocycles. The zero-order chi connectivity index (χ0) is 19.5. The summed E-state index contributed by atoms with van der Waals surface area (Å²) in [5.74, 6) is 0.884. The van der Waals surface area contributed by atoms with Crippen molar-refractivity contribution in [3.63, 3.8) is 0 Å². The van der Waals surface area contributed by atoms with E-state index >= 15 is 0 Å². The van der Waals surface area contributed by atoms with Gasteiger partial charge in [-0.1, -0.05) is 66.7 Å². The fourth-order valence-corrected chi connectivity index (χ4v) is 4.51. The van der Waals surface area contributed by atoms with E-state index in [1.165, 1.54) is 21.9 Å². The van der Waals surface area contributed by atoms with Crippen molar-refractivity contribution in [3.8, 4) is 11.1 Å². The Labute approximate surface area is 173 Å². The summed E-state index contributed by atoms with van der Waals surface area (Å²) in [6.07, 6.45) is 1.63. The second-order valence-electron chi connectivity index (χ2n) is 6.80. The topological polar surface area (TPSA) is 49.8 Å². The number of thiophene rings is 1. The first-order chi connectivity index (χ1) is 14.4. The van der Waals surface area contributed by atoms with E-state index in [1.807, 2.05) is 6.07 Å². The average molecular weight is 397 g/mol. The van der Waals surface area contributed by atoms with Gasteiger partial charge in [-0.15, -0.1) is 11.3 Å². The molecule has 0 unspecified atom stereocenters. The van der Waals surface area contributed by atoms with Gasteiger partial charge in [0, 0.05) is 35.1 Å². The largest absolute Gasteiger partial charge is 0.383 e. The summed E-state index contributed by atoms with van der Waals surface area (Å²) < 4.78 is 0. The minimum absolute atomic E-state index is 0.763. The van der Waals surface area contributed by atoms with Crippen molar-refractivity contribution in [2.24, 2.45) is 0 Å². The Morgan fingerprint density at radius 3 is 2.48 bits per heavy atom. The van der Waals surface area contributed by atoms with Crippen LogP contribution < -0.4 is 10.6 Å². The number of anilines is 2. The molecular formula is C24H20N4S. The molecule has 2 aromatic heterocycles. The summed E-state index contributed by atoms with van der Waals surface area (Å²) in [4.78, 5) is 9.97. The fourth-order valence-electron chi connectivity index (χ4n) is 3.60. The van der Waals surface area contributed by atoms with Crippen molar-refractivity contribution in [1.29, 1.82) is 0 Å². The quantitative estimate of drug-likeness (QED) is 0.344. The Morgan fingerprint density at radius 1 is 0.759 bits per heavy atom. The number of hydrogen-bond donors (Lipinski definition) is 2. The van der Waals surface area contributed by atoms with Gasteiger partial charge in [-0.2, -0.15) is 0 Å². The molecule has 0 saturated heterocycles. The highest BCUT2D eigenvalue weighted by Crippen LogP contribution is 2.36. The number of aromatic nitrogens is 2. The number of benzene rings is 3. The molecule has 0 fully saturated rings. The lowest BCUT2D eigenvalue weighted by Crippen LogP contribution is -2.14. The molecule has 0 aliphatic carbocycles. The van der Waals surface area contributed by atoms with E-state index in [-0.39, 0.29) is 0 Å². The summed E-state index contributed by atoms with van der Waals surface area (Å²) in [7, 11) is 0. The summed E-state index contributed by atoms with van der Waals surface area (Å²) in [5.41, 5.74) is 3.51. The normalized spacial score (nSPS) is 11.0. The zero-order valence-corrected chi connectivity index (χ0v) is 16.6. The lowest BCUT2D eigenvalue weighted by atomic mass is 10.1. The molecular weight excluding hydrogens is 376 g/mol. The number of hydrogen-bond acceptors (Lipinski definition) is 5. The van der Waals surface area contributed by atoms with Gasteiger partial charge in [-0.25, -0.2) is 9.97 Å². The standard InChI is InChI=1S/C24H20N4S/c1-2-7-18(8-3-1)20-15-29-24-22(20)23(27-16-28-24)26-14-13-25-21-12-6-10-17-9-4-5-11-19(17)21/h1-12,15-16,25H,13-14H2,(H,26,27,28). The van der Waals surface area contributed by atoms with E-state index in [4.69, 9.17) is 0 Å². The number of fused-ring (bicyclic) bond motifs is 2. The molecule has 2 N–H and O–H groups in total. The van der Waals surface area contributed by atoms with E-state index in [0.717, 1.165) is 34.8 Å². The van der Waals surface area contributed by atoms with Crippen molar-refractivity contribution in [1.82, 2.24) is 9.97 Å². The van der Waals surface area contributed by atoms with Gasteiger partial charge in [0.25, 0.3) is 0 Å². The molecule has 5 rings (SSSR count). The van der Waals surface area contributed by atoms with Gasteiger partial charge in [-0.3, -0.25) is 0 Å². The number of rotatable bonds is 6. The van der Waals surface area contributed by atoms with Crippen LogP contribution in [-0.2, 0) is 0 Å². The van der Waals surface area contributed by atoms with Gasteiger partial charge < -0.3 is 10.6 Å². The molecule has 0 aliphatic rings. The molecule has 0 radical (unpaired) electrons. The molecule has 29 heavy (non-hydrogen) atoms. The SMILES string of the molecule is c1ccc(-c2csc3ncnc(NCCNc4cccc5ccccc45)c23)cc1. The molecule has 0 saturated carbocycles. The van der Waals surface area contributed by atoms with E-state index in [0.29, 0.717) is 0 Å². The maximum absolute atomic E-state index is 4.52. The first kappa shape index (κ1) is 17.6. The van der Waals surface area contributed by atoms with Crippen LogP contribution in [0.1, 0.15) is 0 Å². The van der Waals surface area contributed by atoms with Crippen molar-refractivity contribution in [2.75, 3.05) is 23.7 Å². The highest BCUT2D eigenvalue weighted by molar-refractivity contribution is 7.17. The molecule has 5 heteroatoms. The third kappa shape index (κ3) is 3.52. The molecule has 5 aromatic rings. The predicted molar refractivity (Wildman–Crippen MR) is 124 cm³/mol. The number of nitrogens with zero attached hydrogens (tertiary/aromatic N) is 2. The molecule has 0 atom stereocenters. The van der Waals surface area contributed by atoms with Crippen LogP contribution in [0.4, 0.5) is 11.5 Å². The van der Waals surface area contributed by atoms with E-state index in [1.54, 1.807) is 17.7 Å². The Morgan fingerprint density at radius 2 is 1.55 bits per heavy atom. The average Bonchev–Trinajstić information content (AvgIpc) is 3.22. The van der Waals surface area contributed by atoms with E-state index in [2.05, 4.69) is 92.7 Å². The maximum Gasteiger partial charge on any atom is 0.138 e. The minimum Gasteiger partial charge on any atom is -0.383 e. The van der Waals surface area contributed by atoms with Crippen LogP contribution in [-0.4, -0.2) is 23.1 Å². The van der Waals surface area contributed by atoms with Crippen LogP contribution in [0.2, 0.25) is 0 Å². The van der Waals surface area contributed by atoms with Crippen molar-refractivity contribution < 1.29 is 0 Å². The van der Waals surface area contributed by atoms with Gasteiger partial charge in [-0.05, 0) is 17.0 Å². The minimum atomic E-state index is 0.763. The second-order valence-corrected chi connectivity index (χ2v) is 7.66. The monoisotopic (exact) mass is 396 g/mol. The molecule has 4 nitrogen and oxygen atoms in total. The van der Waals surface area contributed by atoms with Crippen molar-refractivity contribution in [3.05, 3.63) is 84.5 Å². The Balaban J connectivity index is 1.34. The summed E-state index contributed by atoms with van der Waals surface area (Å²) >= 11 is 1.65. The molecule has 3 aromatic carbocycles. The lowest BCUT2D eigenvalue weighted by molar-refractivity contribution is 1.06. The Bertz CT molecular complexity index is 1260. The van der Waals surface area contributed by atoms with Crippen LogP contribution in [0.25, 0.3) is 32.1 Å². The smallest absolute Gasteiger partial charge is 0.138 e. The van der Waals surface area contributed by atoms with Crippen LogP contribution in [0.3, 0.4) is 0 Å². The van der Waals surface area contributed by atoms with Crippen LogP contribution in [0.5, 0.6) is 0 Å². The highest BCUT2D eigenvalue weighted by Gasteiger charge is 2.12. The first-order valence-electron chi connectivity index (χ1n) is 9.63. The first-order valence-corrected chi connectivity index (χ1v) is 10.5. The third-order valence-electron chi connectivity index (χ3n) is 4.98. The molecule has 142 valence electrons. The van der Waals surface area contributed by atoms with Crippen molar-refractivity contribution in [2.45, 2.75) is 0 Å². The van der Waals surface area contributed by atoms with Gasteiger partial charge in [0.05, 0.1) is 5.39 Å². The van der Waals surface area contributed by atoms with Gasteiger partial charge in [0.2, 0.25) is 0 Å².